The van der Waals surface area contributed by atoms with Crippen LogP contribution in [0.3, 0.4) is 0 Å². The average molecular weight is 316 g/mol. The summed E-state index contributed by atoms with van der Waals surface area (Å²) >= 11 is 0. The van der Waals surface area contributed by atoms with Gasteiger partial charge in [0.2, 0.25) is 15.9 Å². The third kappa shape index (κ3) is 4.02. The molecule has 1 aliphatic heterocycles. The van der Waals surface area contributed by atoms with Crippen LogP contribution in [0.5, 0.6) is 0 Å². The van der Waals surface area contributed by atoms with Crippen LogP contribution in [0.4, 0.5) is 0 Å². The van der Waals surface area contributed by atoms with E-state index in [1.807, 2.05) is 0 Å². The van der Waals surface area contributed by atoms with Crippen LogP contribution in [-0.2, 0) is 26.0 Å². The molecule has 2 atom stereocenters. The number of carbonyl (C=O) groups excluding carboxylic acids is 1. The van der Waals surface area contributed by atoms with Crippen molar-refractivity contribution >= 4 is 21.9 Å². The lowest BCUT2D eigenvalue weighted by Crippen LogP contribution is -2.44. The maximum Gasteiger partial charge on any atom is 0.326 e. The molecule has 116 valence electrons. The molecule has 1 aromatic heterocycles. The number of likely N-dealkylation sites (tertiary alicyclic amines) is 1. The minimum absolute atomic E-state index is 0.0107. The second-order valence-corrected chi connectivity index (χ2v) is 6.74. The first kappa shape index (κ1) is 15.4. The number of aromatic nitrogens is 2. The van der Waals surface area contributed by atoms with Gasteiger partial charge >= 0.3 is 5.97 Å². The van der Waals surface area contributed by atoms with Crippen LogP contribution in [-0.4, -0.2) is 58.6 Å². The van der Waals surface area contributed by atoms with E-state index in [4.69, 9.17) is 5.14 Å². The summed E-state index contributed by atoms with van der Waals surface area (Å²) in [5, 5.41) is 14.3. The number of hydrogen-bond donors (Lipinski definition) is 3. The predicted octanol–water partition coefficient (Wildman–Crippen LogP) is -1.46. The summed E-state index contributed by atoms with van der Waals surface area (Å²) in [5.74, 6) is -2.33. The Labute approximate surface area is 121 Å². The Bertz CT molecular complexity index is 627. The second kappa shape index (κ2) is 5.82. The van der Waals surface area contributed by atoms with Crippen molar-refractivity contribution < 1.29 is 23.1 Å². The molecule has 10 heteroatoms. The molecule has 1 aliphatic rings. The number of primary sulfonamides is 1. The molecule has 1 aromatic rings. The number of hydrogen-bond acceptors (Lipinski definition) is 5. The van der Waals surface area contributed by atoms with Gasteiger partial charge in [-0.05, 0) is 0 Å². The van der Waals surface area contributed by atoms with Crippen LogP contribution in [0, 0.1) is 5.92 Å². The maximum absolute atomic E-state index is 11.9. The zero-order chi connectivity index (χ0) is 15.6. The quantitative estimate of drug-likeness (QED) is 0.584. The number of nitrogens with zero attached hydrogens (tertiary/aromatic N) is 2. The molecule has 1 unspecified atom stereocenters. The lowest BCUT2D eigenvalue weighted by Gasteiger charge is -2.24. The van der Waals surface area contributed by atoms with E-state index >= 15 is 0 Å². The molecule has 0 aliphatic carbocycles. The third-order valence-corrected chi connectivity index (χ3v) is 4.27. The van der Waals surface area contributed by atoms with Gasteiger partial charge in [0, 0.05) is 37.2 Å². The molecule has 0 aromatic carbocycles. The second-order valence-electron chi connectivity index (χ2n) is 5.08. The number of nitrogens with one attached hydrogen (secondary N) is 1. The van der Waals surface area contributed by atoms with Crippen molar-refractivity contribution in [2.75, 3.05) is 12.3 Å². The van der Waals surface area contributed by atoms with Gasteiger partial charge in [-0.1, -0.05) is 0 Å². The Kier molecular flexibility index (Phi) is 4.28. The monoisotopic (exact) mass is 316 g/mol. The van der Waals surface area contributed by atoms with Gasteiger partial charge in [0.05, 0.1) is 12.1 Å². The largest absolute Gasteiger partial charge is 0.480 e. The molecule has 2 heterocycles. The maximum atomic E-state index is 11.9. The third-order valence-electron chi connectivity index (χ3n) is 3.34. The van der Waals surface area contributed by atoms with E-state index in [1.54, 1.807) is 0 Å². The molecule has 0 radical (unpaired) electrons. The highest BCUT2D eigenvalue weighted by atomic mass is 32.2. The fourth-order valence-corrected chi connectivity index (χ4v) is 3.37. The molecule has 4 N–H and O–H groups in total. The minimum Gasteiger partial charge on any atom is -0.480 e. The van der Waals surface area contributed by atoms with Crippen LogP contribution < -0.4 is 5.14 Å². The number of nitrogens with two attached hydrogens (primary N) is 1. The molecule has 2 rings (SSSR count). The van der Waals surface area contributed by atoms with Gasteiger partial charge in [0.25, 0.3) is 0 Å². The Hall–Kier alpha value is -1.94. The van der Waals surface area contributed by atoms with Gasteiger partial charge in [-0.3, -0.25) is 4.79 Å². The summed E-state index contributed by atoms with van der Waals surface area (Å²) in [7, 11) is -3.69. The first-order valence-electron chi connectivity index (χ1n) is 6.26. The number of rotatable bonds is 6. The van der Waals surface area contributed by atoms with Crippen molar-refractivity contribution in [3.63, 3.8) is 0 Å². The van der Waals surface area contributed by atoms with E-state index in [0.29, 0.717) is 5.69 Å². The highest BCUT2D eigenvalue weighted by molar-refractivity contribution is 7.89. The number of aromatic amines is 1. The van der Waals surface area contributed by atoms with Gasteiger partial charge in [0.15, 0.2) is 0 Å². The smallest absolute Gasteiger partial charge is 0.326 e. The molecular weight excluding hydrogens is 300 g/mol. The molecular formula is C11H16N4O5S. The Morgan fingerprint density at radius 3 is 2.86 bits per heavy atom. The zero-order valence-corrected chi connectivity index (χ0v) is 11.9. The summed E-state index contributed by atoms with van der Waals surface area (Å²) in [6.07, 6.45) is 2.98. The van der Waals surface area contributed by atoms with E-state index in [-0.39, 0.29) is 31.0 Å². The number of carboxylic acids is 1. The standard InChI is InChI=1S/C11H16N4O5S/c12-21(19,20)5-7-1-10(16)15(4-7)9(11(17)18)2-8-3-13-6-14-8/h3,6-7,9H,1-2,4-5H2,(H,13,14)(H,17,18)(H2,12,19,20)/t7?,9-/m0/s1. The van der Waals surface area contributed by atoms with Gasteiger partial charge in [-0.15, -0.1) is 0 Å². The van der Waals surface area contributed by atoms with Crippen LogP contribution in [0.15, 0.2) is 12.5 Å². The topological polar surface area (TPSA) is 146 Å². The van der Waals surface area contributed by atoms with Crippen molar-refractivity contribution in [3.8, 4) is 0 Å². The molecule has 0 saturated carbocycles. The van der Waals surface area contributed by atoms with E-state index in [2.05, 4.69) is 9.97 Å². The molecule has 1 amide bonds. The lowest BCUT2D eigenvalue weighted by atomic mass is 10.1. The summed E-state index contributed by atoms with van der Waals surface area (Å²) in [4.78, 5) is 31.1. The molecule has 1 fully saturated rings. The molecule has 1 saturated heterocycles. The summed E-state index contributed by atoms with van der Waals surface area (Å²) in [5.41, 5.74) is 0.588. The van der Waals surface area contributed by atoms with Crippen LogP contribution in [0.2, 0.25) is 0 Å². The van der Waals surface area contributed by atoms with Crippen molar-refractivity contribution in [2.24, 2.45) is 11.1 Å². The van der Waals surface area contributed by atoms with Gasteiger partial charge in [0.1, 0.15) is 6.04 Å². The van der Waals surface area contributed by atoms with Crippen molar-refractivity contribution in [1.29, 1.82) is 0 Å². The number of sulfonamides is 1. The highest BCUT2D eigenvalue weighted by Gasteiger charge is 2.39. The fourth-order valence-electron chi connectivity index (χ4n) is 2.49. The average Bonchev–Trinajstić information content (AvgIpc) is 2.93. The molecule has 0 spiro atoms. The van der Waals surface area contributed by atoms with Gasteiger partial charge in [-0.25, -0.2) is 23.3 Å². The molecule has 9 nitrogen and oxygen atoms in total. The first-order chi connectivity index (χ1) is 9.76. The summed E-state index contributed by atoms with van der Waals surface area (Å²) in [6.45, 7) is 0.0698. The van der Waals surface area contributed by atoms with Gasteiger partial charge in [-0.2, -0.15) is 0 Å². The van der Waals surface area contributed by atoms with E-state index < -0.39 is 28.0 Å². The fraction of sp³-hybridized carbons (Fsp3) is 0.545. The van der Waals surface area contributed by atoms with Crippen molar-refractivity contribution in [2.45, 2.75) is 18.9 Å². The van der Waals surface area contributed by atoms with Crippen molar-refractivity contribution in [3.05, 3.63) is 18.2 Å². The number of aliphatic carboxylic acids is 1. The number of H-pyrrole nitrogens is 1. The van der Waals surface area contributed by atoms with Crippen LogP contribution in [0.1, 0.15) is 12.1 Å². The van der Waals surface area contributed by atoms with E-state index in [0.717, 1.165) is 0 Å². The Morgan fingerprint density at radius 1 is 1.62 bits per heavy atom. The predicted molar refractivity (Wildman–Crippen MR) is 71.5 cm³/mol. The Balaban J connectivity index is 2.10. The van der Waals surface area contributed by atoms with Crippen LogP contribution >= 0.6 is 0 Å². The number of carbonyl (C=O) groups is 2. The minimum atomic E-state index is -3.69. The number of amides is 1. The summed E-state index contributed by atoms with van der Waals surface area (Å²) in [6, 6.07) is -1.05. The molecule has 21 heavy (non-hydrogen) atoms. The SMILES string of the molecule is NS(=O)(=O)CC1CC(=O)N([C@@H](Cc2cnc[nH]2)C(=O)O)C1. The first-order valence-corrected chi connectivity index (χ1v) is 7.98. The normalized spacial score (nSPS) is 20.7. The number of carboxylic acid groups (broad SMARTS) is 1. The highest BCUT2D eigenvalue weighted by Crippen LogP contribution is 2.22. The van der Waals surface area contributed by atoms with Gasteiger partial charge < -0.3 is 15.0 Å². The zero-order valence-electron chi connectivity index (χ0n) is 11.1. The number of imidazole rings is 1. The van der Waals surface area contributed by atoms with Crippen molar-refractivity contribution in [1.82, 2.24) is 14.9 Å². The molecule has 0 bridgehead atoms. The van der Waals surface area contributed by atoms with Crippen LogP contribution in [0.25, 0.3) is 0 Å². The van der Waals surface area contributed by atoms with E-state index in [9.17, 15) is 23.1 Å². The van der Waals surface area contributed by atoms with E-state index in [1.165, 1.54) is 17.4 Å². The Morgan fingerprint density at radius 2 is 2.33 bits per heavy atom. The summed E-state index contributed by atoms with van der Waals surface area (Å²) < 4.78 is 22.2. The lowest BCUT2D eigenvalue weighted by molar-refractivity contribution is -0.148.